The Morgan fingerprint density at radius 2 is 1.73 bits per heavy atom. The monoisotopic (exact) mass is 162 g/mol. The summed E-state index contributed by atoms with van der Waals surface area (Å²) in [6.07, 6.45) is 0.950. The molecule has 0 aromatic carbocycles. The second-order valence-corrected chi connectivity index (χ2v) is 2.40. The third-order valence-corrected chi connectivity index (χ3v) is 1.20. The molecule has 0 aliphatic heterocycles. The van der Waals surface area contributed by atoms with E-state index in [1.807, 2.05) is 20.8 Å². The maximum absolute atomic E-state index is 8.77. The maximum atomic E-state index is 8.77. The summed E-state index contributed by atoms with van der Waals surface area (Å²) in [5, 5.41) is 8.77. The lowest BCUT2D eigenvalue weighted by Gasteiger charge is -2.11. The van der Waals surface area contributed by atoms with Gasteiger partial charge in [0, 0.05) is 0 Å². The third kappa shape index (κ3) is 13.0. The molecule has 0 spiro atoms. The van der Waals surface area contributed by atoms with Gasteiger partial charge in [0.15, 0.2) is 0 Å². The molecule has 2 nitrogen and oxygen atoms in total. The van der Waals surface area contributed by atoms with Crippen molar-refractivity contribution in [1.29, 1.82) is 0 Å². The molecule has 0 aliphatic carbocycles. The van der Waals surface area contributed by atoms with Gasteiger partial charge in [0.25, 0.3) is 0 Å². The lowest BCUT2D eigenvalue weighted by Crippen LogP contribution is -2.16. The first kappa shape index (κ1) is 13.5. The predicted molar refractivity (Wildman–Crippen MR) is 48.7 cm³/mol. The van der Waals surface area contributed by atoms with Crippen LogP contribution in [0.15, 0.2) is 0 Å². The van der Waals surface area contributed by atoms with Crippen molar-refractivity contribution in [2.75, 3.05) is 6.61 Å². The summed E-state index contributed by atoms with van der Waals surface area (Å²) >= 11 is 0. The Hall–Kier alpha value is -0.0800. The van der Waals surface area contributed by atoms with E-state index in [9.17, 15) is 0 Å². The molecule has 0 aliphatic rings. The van der Waals surface area contributed by atoms with Gasteiger partial charge < -0.3 is 9.84 Å². The van der Waals surface area contributed by atoms with Crippen LogP contribution in [0.4, 0.5) is 0 Å². The summed E-state index contributed by atoms with van der Waals surface area (Å²) < 4.78 is 5.20. The first-order valence-corrected chi connectivity index (χ1v) is 4.46. The van der Waals surface area contributed by atoms with Crippen LogP contribution in [-0.4, -0.2) is 23.9 Å². The highest BCUT2D eigenvalue weighted by Crippen LogP contribution is 1.96. The fourth-order valence-corrected chi connectivity index (χ4v) is 0.421. The zero-order valence-electron chi connectivity index (χ0n) is 8.42. The van der Waals surface area contributed by atoms with E-state index in [-0.39, 0.29) is 12.2 Å². The molecule has 2 heteroatoms. The molecule has 0 saturated carbocycles. The Morgan fingerprint density at radius 1 is 1.27 bits per heavy atom. The van der Waals surface area contributed by atoms with E-state index < -0.39 is 0 Å². The number of aliphatic hydroxyl groups excluding tert-OH is 1. The lowest BCUT2D eigenvalue weighted by molar-refractivity contribution is 0.00420. The zero-order valence-corrected chi connectivity index (χ0v) is 8.42. The molecule has 0 radical (unpaired) electrons. The second kappa shape index (κ2) is 9.92. The van der Waals surface area contributed by atoms with Crippen molar-refractivity contribution in [1.82, 2.24) is 0 Å². The maximum Gasteiger partial charge on any atom is 0.0745 e. The highest BCUT2D eigenvalue weighted by atomic mass is 16.5. The molecule has 0 aromatic heterocycles. The molecule has 11 heavy (non-hydrogen) atoms. The minimum absolute atomic E-state index is 0.277. The first-order valence-electron chi connectivity index (χ1n) is 4.46. The van der Waals surface area contributed by atoms with Gasteiger partial charge in [0.2, 0.25) is 0 Å². The van der Waals surface area contributed by atoms with Crippen LogP contribution in [0, 0.1) is 0 Å². The average molecular weight is 162 g/mol. The average Bonchev–Trinajstić information content (AvgIpc) is 2.04. The van der Waals surface area contributed by atoms with Crippen LogP contribution in [0.1, 0.15) is 41.0 Å². The third-order valence-electron chi connectivity index (χ3n) is 1.20. The first-order chi connectivity index (χ1) is 5.16. The molecule has 0 aromatic rings. The Morgan fingerprint density at radius 3 is 2.00 bits per heavy atom. The Kier molecular flexibility index (Phi) is 12.2. The predicted octanol–water partition coefficient (Wildman–Crippen LogP) is 2.21. The SMILES string of the molecule is CC.CCC(C)OCC(C)O. The zero-order chi connectivity index (χ0) is 9.28. The van der Waals surface area contributed by atoms with Crippen LogP contribution in [0.25, 0.3) is 0 Å². The standard InChI is InChI=1S/C7H16O2.C2H6/c1-4-7(3)9-5-6(2)8;1-2/h6-8H,4-5H2,1-3H3;1-2H3. The lowest BCUT2D eigenvalue weighted by atomic mass is 10.3. The van der Waals surface area contributed by atoms with E-state index in [0.717, 1.165) is 6.42 Å². The van der Waals surface area contributed by atoms with Crippen LogP contribution < -0.4 is 0 Å². The topological polar surface area (TPSA) is 29.5 Å². The Balaban J connectivity index is 0. The summed E-state index contributed by atoms with van der Waals surface area (Å²) in [6.45, 7) is 10.2. The van der Waals surface area contributed by atoms with Crippen molar-refractivity contribution in [3.63, 3.8) is 0 Å². The molecule has 0 amide bonds. The van der Waals surface area contributed by atoms with Crippen LogP contribution in [0.3, 0.4) is 0 Å². The molecule has 2 atom stereocenters. The van der Waals surface area contributed by atoms with Gasteiger partial charge in [-0.3, -0.25) is 0 Å². The molecule has 0 fully saturated rings. The molecular weight excluding hydrogens is 140 g/mol. The smallest absolute Gasteiger partial charge is 0.0745 e. The summed E-state index contributed by atoms with van der Waals surface area (Å²) in [7, 11) is 0. The van der Waals surface area contributed by atoms with E-state index in [2.05, 4.69) is 6.92 Å². The second-order valence-electron chi connectivity index (χ2n) is 2.40. The molecule has 70 valence electrons. The molecular formula is C9H22O2. The van der Waals surface area contributed by atoms with Gasteiger partial charge >= 0.3 is 0 Å². The van der Waals surface area contributed by atoms with E-state index in [4.69, 9.17) is 9.84 Å². The Bertz CT molecular complexity index is 62.6. The molecule has 0 saturated heterocycles. The van der Waals surface area contributed by atoms with E-state index in [0.29, 0.717) is 6.61 Å². The minimum atomic E-state index is -0.334. The fraction of sp³-hybridized carbons (Fsp3) is 1.00. The summed E-state index contributed by atoms with van der Waals surface area (Å²) in [4.78, 5) is 0. The van der Waals surface area contributed by atoms with Crippen LogP contribution >= 0.6 is 0 Å². The van der Waals surface area contributed by atoms with Gasteiger partial charge in [-0.1, -0.05) is 20.8 Å². The number of rotatable bonds is 4. The number of aliphatic hydroxyl groups is 1. The minimum Gasteiger partial charge on any atom is -0.391 e. The van der Waals surface area contributed by atoms with E-state index in [1.54, 1.807) is 6.92 Å². The highest BCUT2D eigenvalue weighted by molar-refractivity contribution is 4.47. The quantitative estimate of drug-likeness (QED) is 0.686. The molecule has 1 N–H and O–H groups in total. The largest absolute Gasteiger partial charge is 0.391 e. The van der Waals surface area contributed by atoms with Crippen LogP contribution in [-0.2, 0) is 4.74 Å². The highest BCUT2D eigenvalue weighted by Gasteiger charge is 1.99. The van der Waals surface area contributed by atoms with Crippen molar-refractivity contribution in [3.8, 4) is 0 Å². The summed E-state index contributed by atoms with van der Waals surface area (Å²) in [6, 6.07) is 0. The van der Waals surface area contributed by atoms with Crippen LogP contribution in [0.2, 0.25) is 0 Å². The van der Waals surface area contributed by atoms with Gasteiger partial charge in [-0.25, -0.2) is 0 Å². The molecule has 2 unspecified atom stereocenters. The number of hydrogen-bond acceptors (Lipinski definition) is 2. The van der Waals surface area contributed by atoms with Crippen molar-refractivity contribution in [2.45, 2.75) is 53.2 Å². The van der Waals surface area contributed by atoms with Gasteiger partial charge in [-0.15, -0.1) is 0 Å². The van der Waals surface area contributed by atoms with Gasteiger partial charge in [-0.05, 0) is 20.3 Å². The number of hydrogen-bond donors (Lipinski definition) is 1. The molecule has 0 bridgehead atoms. The van der Waals surface area contributed by atoms with Crippen molar-refractivity contribution < 1.29 is 9.84 Å². The van der Waals surface area contributed by atoms with Gasteiger partial charge in [-0.2, -0.15) is 0 Å². The van der Waals surface area contributed by atoms with Crippen LogP contribution in [0.5, 0.6) is 0 Å². The van der Waals surface area contributed by atoms with Crippen molar-refractivity contribution >= 4 is 0 Å². The molecule has 0 heterocycles. The summed E-state index contributed by atoms with van der Waals surface area (Å²) in [5.41, 5.74) is 0. The summed E-state index contributed by atoms with van der Waals surface area (Å²) in [5.74, 6) is 0. The van der Waals surface area contributed by atoms with Crippen molar-refractivity contribution in [2.24, 2.45) is 0 Å². The fourth-order valence-electron chi connectivity index (χ4n) is 0.421. The van der Waals surface area contributed by atoms with Gasteiger partial charge in [0.1, 0.15) is 0 Å². The van der Waals surface area contributed by atoms with E-state index in [1.165, 1.54) is 0 Å². The van der Waals surface area contributed by atoms with E-state index >= 15 is 0 Å². The number of ether oxygens (including phenoxy) is 1. The van der Waals surface area contributed by atoms with Gasteiger partial charge in [0.05, 0.1) is 18.8 Å². The van der Waals surface area contributed by atoms with Crippen molar-refractivity contribution in [3.05, 3.63) is 0 Å². The normalized spacial score (nSPS) is 14.7. The Labute approximate surface area is 70.6 Å². The molecule has 0 rings (SSSR count).